The minimum Gasteiger partial charge on any atom is -0.504 e. The summed E-state index contributed by atoms with van der Waals surface area (Å²) in [6.45, 7) is 3.14. The van der Waals surface area contributed by atoms with Gasteiger partial charge in [-0.2, -0.15) is 0 Å². The number of hydrogen-bond acceptors (Lipinski definition) is 7. The van der Waals surface area contributed by atoms with Crippen LogP contribution in [0.15, 0.2) is 11.8 Å². The van der Waals surface area contributed by atoms with E-state index in [-0.39, 0.29) is 41.6 Å². The highest BCUT2D eigenvalue weighted by atomic mass is 16.6. The van der Waals surface area contributed by atoms with E-state index >= 15 is 0 Å². The van der Waals surface area contributed by atoms with Crippen LogP contribution in [0.25, 0.3) is 5.76 Å². The Morgan fingerprint density at radius 1 is 1.19 bits per heavy atom. The molecule has 3 rings (SSSR count). The van der Waals surface area contributed by atoms with Crippen LogP contribution in [0.3, 0.4) is 0 Å². The van der Waals surface area contributed by atoms with Gasteiger partial charge in [0.15, 0.2) is 17.3 Å². The molecule has 2 N–H and O–H groups in total. The molecule has 31 heavy (non-hydrogen) atoms. The molecule has 0 aliphatic heterocycles. The topological polar surface area (TPSA) is 109 Å². The van der Waals surface area contributed by atoms with Gasteiger partial charge < -0.3 is 24.9 Å². The highest BCUT2D eigenvalue weighted by molar-refractivity contribution is 6.01. The average Bonchev–Trinajstić information content (AvgIpc) is 3.30. The van der Waals surface area contributed by atoms with Crippen LogP contribution in [0, 0.1) is 12.3 Å². The Bertz CT molecular complexity index is 827. The van der Waals surface area contributed by atoms with E-state index in [1.807, 2.05) is 6.92 Å². The predicted octanol–water partition coefficient (Wildman–Crippen LogP) is 4.82. The lowest BCUT2D eigenvalue weighted by Gasteiger charge is -2.24. The van der Waals surface area contributed by atoms with Gasteiger partial charge in [0.1, 0.15) is 6.61 Å². The monoisotopic (exact) mass is 430 g/mol. The van der Waals surface area contributed by atoms with E-state index in [2.05, 4.69) is 9.97 Å². The second-order valence-corrected chi connectivity index (χ2v) is 8.58. The molecule has 2 fully saturated rings. The number of aliphatic hydroxyl groups excluding tert-OH is 1. The summed E-state index contributed by atoms with van der Waals surface area (Å²) < 4.78 is 11.4. The van der Waals surface area contributed by atoms with E-state index in [1.54, 1.807) is 18.1 Å². The van der Waals surface area contributed by atoms with Crippen LogP contribution >= 0.6 is 0 Å². The smallest absolute Gasteiger partial charge is 0.410 e. The number of hydrogen-bond donors (Lipinski definition) is 2. The Hall–Kier alpha value is -2.64. The van der Waals surface area contributed by atoms with Crippen molar-refractivity contribution in [2.75, 3.05) is 13.7 Å². The quantitative estimate of drug-likeness (QED) is 0.474. The van der Waals surface area contributed by atoms with Gasteiger partial charge in [-0.15, -0.1) is 0 Å². The first-order valence-corrected chi connectivity index (χ1v) is 11.2. The standard InChI is InChI=1S/C23H34N4O4/c1-15(24)19(14-30-23(29)27(3)17-9-7-8-10-17)21(28)22-25-13-20(16(2)26-22)31-18-11-5-4-6-12-18/h13,17-18,24,28H,4-12,14H2,1-3H3/b21-19-,24-15?. The lowest BCUT2D eigenvalue weighted by molar-refractivity contribution is 0.106. The van der Waals surface area contributed by atoms with Crippen molar-refractivity contribution in [1.29, 1.82) is 5.41 Å². The van der Waals surface area contributed by atoms with Crippen molar-refractivity contribution in [2.45, 2.75) is 83.8 Å². The molecule has 2 saturated carbocycles. The molecule has 1 aromatic heterocycles. The Kier molecular flexibility index (Phi) is 7.87. The van der Waals surface area contributed by atoms with Crippen molar-refractivity contribution in [2.24, 2.45) is 0 Å². The van der Waals surface area contributed by atoms with Crippen molar-refractivity contribution in [3.63, 3.8) is 0 Å². The molecule has 0 unspecified atom stereocenters. The van der Waals surface area contributed by atoms with Crippen LogP contribution in [0.1, 0.15) is 76.2 Å². The maximum atomic E-state index is 12.4. The number of ether oxygens (including phenoxy) is 2. The van der Waals surface area contributed by atoms with Gasteiger partial charge in [0, 0.05) is 18.8 Å². The first-order valence-electron chi connectivity index (χ1n) is 11.2. The molecule has 2 aliphatic carbocycles. The highest BCUT2D eigenvalue weighted by Crippen LogP contribution is 2.26. The maximum absolute atomic E-state index is 12.4. The van der Waals surface area contributed by atoms with Crippen molar-refractivity contribution in [3.8, 4) is 5.75 Å². The van der Waals surface area contributed by atoms with E-state index in [0.717, 1.165) is 38.5 Å². The predicted molar refractivity (Wildman–Crippen MR) is 119 cm³/mol. The summed E-state index contributed by atoms with van der Waals surface area (Å²) in [5.41, 5.74) is 0.910. The molecule has 1 aromatic rings. The van der Waals surface area contributed by atoms with Gasteiger partial charge in [0.2, 0.25) is 0 Å². The van der Waals surface area contributed by atoms with Gasteiger partial charge in [-0.25, -0.2) is 14.8 Å². The Morgan fingerprint density at radius 3 is 2.45 bits per heavy atom. The Morgan fingerprint density at radius 2 is 1.84 bits per heavy atom. The van der Waals surface area contributed by atoms with Gasteiger partial charge in [-0.05, 0) is 52.4 Å². The molecule has 2 aliphatic rings. The summed E-state index contributed by atoms with van der Waals surface area (Å²) in [6, 6.07) is 0.192. The molecule has 0 radical (unpaired) electrons. The Labute approximate surface area is 184 Å². The second-order valence-electron chi connectivity index (χ2n) is 8.58. The number of aromatic nitrogens is 2. The Balaban J connectivity index is 1.68. The summed E-state index contributed by atoms with van der Waals surface area (Å²) in [7, 11) is 1.73. The lowest BCUT2D eigenvalue weighted by Crippen LogP contribution is -2.36. The van der Waals surface area contributed by atoms with E-state index in [0.29, 0.717) is 11.4 Å². The van der Waals surface area contributed by atoms with E-state index in [4.69, 9.17) is 14.9 Å². The van der Waals surface area contributed by atoms with Crippen LogP contribution < -0.4 is 4.74 Å². The van der Waals surface area contributed by atoms with Crippen molar-refractivity contribution in [1.82, 2.24) is 14.9 Å². The number of carbonyl (C=O) groups is 1. The average molecular weight is 431 g/mol. The molecule has 1 amide bonds. The molecule has 0 atom stereocenters. The number of carbonyl (C=O) groups excluding carboxylic acids is 1. The van der Waals surface area contributed by atoms with Gasteiger partial charge in [-0.3, -0.25) is 0 Å². The SMILES string of the molecule is CC(=N)/C(COC(=O)N(C)C1CCCC1)=C(\O)c1ncc(OC2CCCCC2)c(C)n1. The summed E-state index contributed by atoms with van der Waals surface area (Å²) in [5.74, 6) is 0.451. The molecule has 8 heteroatoms. The zero-order valence-corrected chi connectivity index (χ0v) is 18.8. The van der Waals surface area contributed by atoms with Crippen LogP contribution in [-0.4, -0.2) is 57.6 Å². The van der Waals surface area contributed by atoms with E-state index in [9.17, 15) is 9.90 Å². The maximum Gasteiger partial charge on any atom is 0.410 e. The van der Waals surface area contributed by atoms with Crippen LogP contribution in [0.4, 0.5) is 4.79 Å². The first-order chi connectivity index (χ1) is 14.9. The molecule has 8 nitrogen and oxygen atoms in total. The second kappa shape index (κ2) is 10.6. The van der Waals surface area contributed by atoms with E-state index < -0.39 is 6.09 Å². The summed E-state index contributed by atoms with van der Waals surface area (Å²) >= 11 is 0. The molecular weight excluding hydrogens is 396 g/mol. The normalized spacial score (nSPS) is 18.4. The number of rotatable bonds is 7. The van der Waals surface area contributed by atoms with Gasteiger partial charge >= 0.3 is 6.09 Å². The van der Waals surface area contributed by atoms with Crippen molar-refractivity contribution < 1.29 is 19.4 Å². The van der Waals surface area contributed by atoms with Gasteiger partial charge in [0.25, 0.3) is 0 Å². The molecule has 0 saturated heterocycles. The molecule has 170 valence electrons. The third kappa shape index (κ3) is 5.95. The third-order valence-electron chi connectivity index (χ3n) is 6.23. The third-order valence-corrected chi connectivity index (χ3v) is 6.23. The zero-order chi connectivity index (χ0) is 22.4. The fourth-order valence-corrected chi connectivity index (χ4v) is 4.21. The van der Waals surface area contributed by atoms with Crippen molar-refractivity contribution in [3.05, 3.63) is 23.3 Å². The number of aliphatic hydroxyl groups is 1. The van der Waals surface area contributed by atoms with Crippen LogP contribution in [0.5, 0.6) is 5.75 Å². The zero-order valence-electron chi connectivity index (χ0n) is 18.8. The summed E-state index contributed by atoms with van der Waals surface area (Å²) in [5, 5.41) is 18.7. The minimum absolute atomic E-state index is 0.0929. The first kappa shape index (κ1) is 23.0. The van der Waals surface area contributed by atoms with Gasteiger partial charge in [-0.1, -0.05) is 19.3 Å². The minimum atomic E-state index is -0.452. The summed E-state index contributed by atoms with van der Waals surface area (Å²) in [6.07, 6.45) is 11.1. The number of nitrogens with one attached hydrogen (secondary N) is 1. The number of amides is 1. The lowest BCUT2D eigenvalue weighted by atomic mass is 9.98. The molecule has 0 bridgehead atoms. The largest absolute Gasteiger partial charge is 0.504 e. The molecule has 0 spiro atoms. The van der Waals surface area contributed by atoms with Crippen LogP contribution in [-0.2, 0) is 4.74 Å². The molecule has 1 heterocycles. The van der Waals surface area contributed by atoms with E-state index in [1.165, 1.54) is 26.2 Å². The highest BCUT2D eigenvalue weighted by Gasteiger charge is 2.25. The number of nitrogens with zero attached hydrogens (tertiary/aromatic N) is 3. The molecular formula is C23H34N4O4. The number of aryl methyl sites for hydroxylation is 1. The van der Waals surface area contributed by atoms with Crippen LogP contribution in [0.2, 0.25) is 0 Å². The fraction of sp³-hybridized carbons (Fsp3) is 0.652. The summed E-state index contributed by atoms with van der Waals surface area (Å²) in [4.78, 5) is 22.6. The van der Waals surface area contributed by atoms with Crippen molar-refractivity contribution >= 4 is 17.6 Å². The fourth-order valence-electron chi connectivity index (χ4n) is 4.21. The molecule has 0 aromatic carbocycles. The van der Waals surface area contributed by atoms with Gasteiger partial charge in [0.05, 0.1) is 23.6 Å².